The van der Waals surface area contributed by atoms with Gasteiger partial charge in [0.25, 0.3) is 0 Å². The summed E-state index contributed by atoms with van der Waals surface area (Å²) in [5.74, 6) is 1.02. The smallest absolute Gasteiger partial charge is 0.126 e. The maximum atomic E-state index is 6.37. The molecule has 3 heteroatoms. The standard InChI is InChI=1S/C18H25NOS/c1-5-15-8-6-7-9-17(15)20-18(10-11-19(3)4)16-12-14(2)21-13-16/h6-9,12-13,18H,5,10-11H2,1-4H3. The largest absolute Gasteiger partial charge is 0.485 e. The van der Waals surface area contributed by atoms with Gasteiger partial charge in [-0.1, -0.05) is 25.1 Å². The lowest BCUT2D eigenvalue weighted by atomic mass is 10.1. The zero-order valence-electron chi connectivity index (χ0n) is 13.4. The predicted octanol–water partition coefficient (Wildman–Crippen LogP) is 4.69. The topological polar surface area (TPSA) is 12.5 Å². The van der Waals surface area contributed by atoms with E-state index in [9.17, 15) is 0 Å². The molecule has 0 aliphatic carbocycles. The summed E-state index contributed by atoms with van der Waals surface area (Å²) in [5, 5.41) is 2.23. The summed E-state index contributed by atoms with van der Waals surface area (Å²) < 4.78 is 6.37. The summed E-state index contributed by atoms with van der Waals surface area (Å²) in [6, 6.07) is 10.6. The fourth-order valence-electron chi connectivity index (χ4n) is 2.37. The second-order valence-electron chi connectivity index (χ2n) is 5.65. The number of ether oxygens (including phenoxy) is 1. The summed E-state index contributed by atoms with van der Waals surface area (Å²) in [6.07, 6.45) is 2.13. The summed E-state index contributed by atoms with van der Waals surface area (Å²) in [7, 11) is 4.21. The summed E-state index contributed by atoms with van der Waals surface area (Å²) in [5.41, 5.74) is 2.57. The molecule has 0 aliphatic rings. The first-order valence-electron chi connectivity index (χ1n) is 7.54. The second kappa shape index (κ2) is 7.62. The number of rotatable bonds is 7. The van der Waals surface area contributed by atoms with Gasteiger partial charge in [0, 0.05) is 23.4 Å². The number of hydrogen-bond donors (Lipinski definition) is 0. The van der Waals surface area contributed by atoms with Crippen molar-refractivity contribution in [1.82, 2.24) is 4.90 Å². The van der Waals surface area contributed by atoms with Gasteiger partial charge in [0.1, 0.15) is 11.9 Å². The van der Waals surface area contributed by atoms with Crippen molar-refractivity contribution in [3.63, 3.8) is 0 Å². The molecular formula is C18H25NOS. The molecule has 0 aliphatic heterocycles. The minimum absolute atomic E-state index is 0.130. The van der Waals surface area contributed by atoms with Crippen molar-refractivity contribution >= 4 is 11.3 Å². The summed E-state index contributed by atoms with van der Waals surface area (Å²) in [6.45, 7) is 5.34. The van der Waals surface area contributed by atoms with Crippen molar-refractivity contribution < 1.29 is 4.74 Å². The van der Waals surface area contributed by atoms with E-state index in [2.05, 4.69) is 68.6 Å². The first-order chi connectivity index (χ1) is 10.1. The van der Waals surface area contributed by atoms with Crippen LogP contribution in [0.5, 0.6) is 5.75 Å². The molecule has 1 atom stereocenters. The number of aryl methyl sites for hydroxylation is 2. The summed E-state index contributed by atoms with van der Waals surface area (Å²) in [4.78, 5) is 3.55. The Kier molecular flexibility index (Phi) is 5.83. The van der Waals surface area contributed by atoms with Crippen LogP contribution in [0.25, 0.3) is 0 Å². The van der Waals surface area contributed by atoms with Crippen molar-refractivity contribution in [2.45, 2.75) is 32.8 Å². The van der Waals surface area contributed by atoms with Gasteiger partial charge >= 0.3 is 0 Å². The van der Waals surface area contributed by atoms with Gasteiger partial charge in [-0.3, -0.25) is 0 Å². The molecule has 0 saturated carbocycles. The maximum Gasteiger partial charge on any atom is 0.126 e. The molecule has 1 aromatic heterocycles. The van der Waals surface area contributed by atoms with Crippen LogP contribution >= 0.6 is 11.3 Å². The molecule has 1 aromatic carbocycles. The Morgan fingerprint density at radius 1 is 1.24 bits per heavy atom. The Morgan fingerprint density at radius 2 is 2.00 bits per heavy atom. The highest BCUT2D eigenvalue weighted by molar-refractivity contribution is 7.10. The number of thiophene rings is 1. The lowest BCUT2D eigenvalue weighted by molar-refractivity contribution is 0.178. The predicted molar refractivity (Wildman–Crippen MR) is 91.4 cm³/mol. The van der Waals surface area contributed by atoms with Crippen molar-refractivity contribution in [2.75, 3.05) is 20.6 Å². The molecule has 2 aromatic rings. The summed E-state index contributed by atoms with van der Waals surface area (Å²) >= 11 is 1.79. The minimum atomic E-state index is 0.130. The van der Waals surface area contributed by atoms with Crippen LogP contribution in [-0.4, -0.2) is 25.5 Å². The third-order valence-electron chi connectivity index (χ3n) is 3.58. The van der Waals surface area contributed by atoms with Crippen LogP contribution in [0.15, 0.2) is 35.7 Å². The quantitative estimate of drug-likeness (QED) is 0.735. The molecule has 0 bridgehead atoms. The van der Waals surface area contributed by atoms with Crippen LogP contribution in [0.1, 0.15) is 35.5 Å². The van der Waals surface area contributed by atoms with E-state index in [0.29, 0.717) is 0 Å². The van der Waals surface area contributed by atoms with Crippen LogP contribution in [0.3, 0.4) is 0 Å². The molecule has 114 valence electrons. The number of nitrogens with zero attached hydrogens (tertiary/aromatic N) is 1. The molecule has 2 nitrogen and oxygen atoms in total. The van der Waals surface area contributed by atoms with Crippen LogP contribution in [0.4, 0.5) is 0 Å². The number of benzene rings is 1. The lowest BCUT2D eigenvalue weighted by Crippen LogP contribution is -2.18. The Morgan fingerprint density at radius 3 is 2.62 bits per heavy atom. The van der Waals surface area contributed by atoms with E-state index in [4.69, 9.17) is 4.74 Å². The van der Waals surface area contributed by atoms with Gasteiger partial charge in [-0.15, -0.1) is 11.3 Å². The molecule has 0 radical (unpaired) electrons. The molecule has 1 heterocycles. The van der Waals surface area contributed by atoms with E-state index in [0.717, 1.165) is 25.1 Å². The molecule has 0 spiro atoms. The van der Waals surface area contributed by atoms with E-state index in [1.54, 1.807) is 11.3 Å². The Hall–Kier alpha value is -1.32. The van der Waals surface area contributed by atoms with Gasteiger partial charge in [-0.05, 0) is 50.5 Å². The third kappa shape index (κ3) is 4.58. The van der Waals surface area contributed by atoms with E-state index < -0.39 is 0 Å². The van der Waals surface area contributed by atoms with Gasteiger partial charge in [0.15, 0.2) is 0 Å². The van der Waals surface area contributed by atoms with Gasteiger partial charge in [-0.25, -0.2) is 0 Å². The first kappa shape index (κ1) is 16.1. The highest BCUT2D eigenvalue weighted by Gasteiger charge is 2.16. The molecule has 2 rings (SSSR count). The van der Waals surface area contributed by atoms with E-state index in [1.165, 1.54) is 16.0 Å². The fourth-order valence-corrected chi connectivity index (χ4v) is 3.11. The zero-order valence-corrected chi connectivity index (χ0v) is 14.2. The minimum Gasteiger partial charge on any atom is -0.485 e. The normalized spacial score (nSPS) is 12.6. The Bertz CT molecular complexity index is 562. The molecule has 1 unspecified atom stereocenters. The Balaban J connectivity index is 2.19. The SMILES string of the molecule is CCc1ccccc1OC(CCN(C)C)c1csc(C)c1. The van der Waals surface area contributed by atoms with Gasteiger partial charge in [-0.2, -0.15) is 0 Å². The first-order valence-corrected chi connectivity index (χ1v) is 8.42. The van der Waals surface area contributed by atoms with E-state index >= 15 is 0 Å². The molecule has 0 N–H and O–H groups in total. The van der Waals surface area contributed by atoms with E-state index in [-0.39, 0.29) is 6.10 Å². The molecule has 0 fully saturated rings. The van der Waals surface area contributed by atoms with Gasteiger partial charge < -0.3 is 9.64 Å². The monoisotopic (exact) mass is 303 g/mol. The fraction of sp³-hybridized carbons (Fsp3) is 0.444. The van der Waals surface area contributed by atoms with Crippen molar-refractivity contribution in [3.05, 3.63) is 51.7 Å². The van der Waals surface area contributed by atoms with Crippen molar-refractivity contribution in [3.8, 4) is 5.75 Å². The number of hydrogen-bond acceptors (Lipinski definition) is 3. The molecule has 0 saturated heterocycles. The van der Waals surface area contributed by atoms with E-state index in [1.807, 2.05) is 0 Å². The highest BCUT2D eigenvalue weighted by atomic mass is 32.1. The molecule has 0 amide bonds. The van der Waals surface area contributed by atoms with Crippen molar-refractivity contribution in [1.29, 1.82) is 0 Å². The van der Waals surface area contributed by atoms with Crippen LogP contribution in [0, 0.1) is 6.92 Å². The van der Waals surface area contributed by atoms with Crippen molar-refractivity contribution in [2.24, 2.45) is 0 Å². The van der Waals surface area contributed by atoms with Crippen LogP contribution < -0.4 is 4.74 Å². The maximum absolute atomic E-state index is 6.37. The average molecular weight is 303 g/mol. The molecular weight excluding hydrogens is 278 g/mol. The lowest BCUT2D eigenvalue weighted by Gasteiger charge is -2.22. The zero-order chi connectivity index (χ0) is 15.2. The van der Waals surface area contributed by atoms with Crippen LogP contribution in [0.2, 0.25) is 0 Å². The molecule has 21 heavy (non-hydrogen) atoms. The highest BCUT2D eigenvalue weighted by Crippen LogP contribution is 2.30. The average Bonchev–Trinajstić information content (AvgIpc) is 2.90. The second-order valence-corrected chi connectivity index (χ2v) is 6.77. The number of para-hydroxylation sites is 1. The third-order valence-corrected chi connectivity index (χ3v) is 4.46. The van der Waals surface area contributed by atoms with Crippen LogP contribution in [-0.2, 0) is 6.42 Å². The van der Waals surface area contributed by atoms with Gasteiger partial charge in [0.05, 0.1) is 0 Å². The van der Waals surface area contributed by atoms with Gasteiger partial charge in [0.2, 0.25) is 0 Å². The Labute approximate surface area is 132 Å².